The quantitative estimate of drug-likeness (QED) is 0.783. The lowest BCUT2D eigenvalue weighted by Gasteiger charge is -2.26. The molecule has 0 aliphatic carbocycles. The highest BCUT2D eigenvalue weighted by Gasteiger charge is 2.13. The third-order valence-electron chi connectivity index (χ3n) is 2.17. The van der Waals surface area contributed by atoms with Crippen LogP contribution >= 0.6 is 0 Å². The summed E-state index contributed by atoms with van der Waals surface area (Å²) < 4.78 is 5.27. The molecule has 0 bridgehead atoms. The van der Waals surface area contributed by atoms with Crippen LogP contribution in [0.2, 0.25) is 0 Å². The van der Waals surface area contributed by atoms with Crippen LogP contribution in [0.15, 0.2) is 22.8 Å². The van der Waals surface area contributed by atoms with Crippen molar-refractivity contribution in [2.75, 3.05) is 6.54 Å². The summed E-state index contributed by atoms with van der Waals surface area (Å²) in [4.78, 5) is 2.18. The molecular weight excluding hydrogens is 178 g/mol. The minimum Gasteiger partial charge on any atom is -0.468 e. The molecule has 0 saturated carbocycles. The Morgan fingerprint density at radius 2 is 2.14 bits per heavy atom. The average Bonchev–Trinajstić information content (AvgIpc) is 2.54. The van der Waals surface area contributed by atoms with E-state index >= 15 is 0 Å². The van der Waals surface area contributed by atoms with E-state index in [0.29, 0.717) is 12.6 Å². The van der Waals surface area contributed by atoms with Gasteiger partial charge in [-0.05, 0) is 32.9 Å². The van der Waals surface area contributed by atoms with Crippen LogP contribution in [0.3, 0.4) is 0 Å². The minimum absolute atomic E-state index is 0.299. The number of aliphatic hydroxyl groups is 1. The summed E-state index contributed by atoms with van der Waals surface area (Å²) in [5.74, 6) is 0.944. The van der Waals surface area contributed by atoms with Crippen molar-refractivity contribution in [3.05, 3.63) is 24.2 Å². The lowest BCUT2D eigenvalue weighted by Crippen LogP contribution is -2.35. The molecule has 3 heteroatoms. The molecule has 0 saturated heterocycles. The number of rotatable bonds is 5. The molecule has 0 fully saturated rings. The Morgan fingerprint density at radius 3 is 2.57 bits per heavy atom. The van der Waals surface area contributed by atoms with E-state index in [-0.39, 0.29) is 6.10 Å². The van der Waals surface area contributed by atoms with Crippen LogP contribution in [0.4, 0.5) is 0 Å². The first-order valence-electron chi connectivity index (χ1n) is 5.04. The van der Waals surface area contributed by atoms with Crippen LogP contribution in [0.5, 0.6) is 0 Å². The lowest BCUT2D eigenvalue weighted by atomic mass is 10.2. The fourth-order valence-electron chi connectivity index (χ4n) is 1.40. The first-order valence-corrected chi connectivity index (χ1v) is 5.04. The first-order chi connectivity index (χ1) is 6.59. The van der Waals surface area contributed by atoms with E-state index in [1.54, 1.807) is 13.2 Å². The molecule has 14 heavy (non-hydrogen) atoms. The Morgan fingerprint density at radius 1 is 1.43 bits per heavy atom. The number of hydrogen-bond donors (Lipinski definition) is 1. The van der Waals surface area contributed by atoms with Gasteiger partial charge in [-0.15, -0.1) is 0 Å². The van der Waals surface area contributed by atoms with Gasteiger partial charge in [-0.2, -0.15) is 0 Å². The van der Waals surface area contributed by atoms with Crippen molar-refractivity contribution in [3.8, 4) is 0 Å². The second kappa shape index (κ2) is 5.17. The second-order valence-corrected chi connectivity index (χ2v) is 3.95. The molecule has 1 aromatic heterocycles. The van der Waals surface area contributed by atoms with Gasteiger partial charge in [-0.1, -0.05) is 0 Å². The van der Waals surface area contributed by atoms with Gasteiger partial charge in [0.05, 0.1) is 18.9 Å². The Labute approximate surface area is 85.3 Å². The summed E-state index contributed by atoms with van der Waals surface area (Å²) in [6.07, 6.45) is 1.38. The van der Waals surface area contributed by atoms with Gasteiger partial charge >= 0.3 is 0 Å². The summed E-state index contributed by atoms with van der Waals surface area (Å²) in [5, 5.41) is 9.33. The van der Waals surface area contributed by atoms with Crippen LogP contribution in [-0.4, -0.2) is 28.7 Å². The molecule has 1 aromatic rings. The molecule has 1 N–H and O–H groups in total. The SMILES string of the molecule is CC(O)CN(Cc1ccco1)C(C)C. The number of furan rings is 1. The van der Waals surface area contributed by atoms with Gasteiger partial charge in [0.25, 0.3) is 0 Å². The molecular formula is C11H19NO2. The lowest BCUT2D eigenvalue weighted by molar-refractivity contribution is 0.0975. The molecule has 0 radical (unpaired) electrons. The summed E-state index contributed by atoms with van der Waals surface area (Å²) in [6, 6.07) is 4.25. The molecule has 0 aliphatic heterocycles. The van der Waals surface area contributed by atoms with Crippen LogP contribution in [0, 0.1) is 0 Å². The standard InChI is InChI=1S/C11H19NO2/c1-9(2)12(7-10(3)13)8-11-5-4-6-14-11/h4-6,9-10,13H,7-8H2,1-3H3. The van der Waals surface area contributed by atoms with Gasteiger partial charge in [0, 0.05) is 12.6 Å². The molecule has 0 aromatic carbocycles. The van der Waals surface area contributed by atoms with Crippen molar-refractivity contribution in [2.24, 2.45) is 0 Å². The molecule has 3 nitrogen and oxygen atoms in total. The van der Waals surface area contributed by atoms with Crippen molar-refractivity contribution in [3.63, 3.8) is 0 Å². The number of hydrogen-bond acceptors (Lipinski definition) is 3. The van der Waals surface area contributed by atoms with Gasteiger partial charge in [0.1, 0.15) is 5.76 Å². The highest BCUT2D eigenvalue weighted by Crippen LogP contribution is 2.09. The predicted molar refractivity (Wildman–Crippen MR) is 55.9 cm³/mol. The molecule has 1 heterocycles. The van der Waals surface area contributed by atoms with Crippen molar-refractivity contribution >= 4 is 0 Å². The molecule has 0 aliphatic rings. The van der Waals surface area contributed by atoms with E-state index in [0.717, 1.165) is 12.3 Å². The van der Waals surface area contributed by atoms with Crippen molar-refractivity contribution in [1.82, 2.24) is 4.90 Å². The summed E-state index contributed by atoms with van der Waals surface area (Å²) >= 11 is 0. The van der Waals surface area contributed by atoms with E-state index in [1.165, 1.54) is 0 Å². The maximum atomic E-state index is 9.33. The molecule has 1 atom stereocenters. The zero-order valence-electron chi connectivity index (χ0n) is 9.10. The van der Waals surface area contributed by atoms with Gasteiger partial charge in [-0.25, -0.2) is 0 Å². The van der Waals surface area contributed by atoms with Crippen molar-refractivity contribution in [1.29, 1.82) is 0 Å². The predicted octanol–water partition coefficient (Wildman–Crippen LogP) is 1.87. The third kappa shape index (κ3) is 3.52. The highest BCUT2D eigenvalue weighted by molar-refractivity contribution is 4.98. The molecule has 1 unspecified atom stereocenters. The van der Waals surface area contributed by atoms with Crippen LogP contribution in [0.25, 0.3) is 0 Å². The average molecular weight is 197 g/mol. The number of nitrogens with zero attached hydrogens (tertiary/aromatic N) is 1. The van der Waals surface area contributed by atoms with Gasteiger partial charge < -0.3 is 9.52 Å². The van der Waals surface area contributed by atoms with E-state index < -0.39 is 0 Å². The Bertz CT molecular complexity index is 242. The fourth-order valence-corrected chi connectivity index (χ4v) is 1.40. The third-order valence-corrected chi connectivity index (χ3v) is 2.17. The Hall–Kier alpha value is -0.800. The van der Waals surface area contributed by atoms with Crippen LogP contribution in [0.1, 0.15) is 26.5 Å². The summed E-state index contributed by atoms with van der Waals surface area (Å²) in [7, 11) is 0. The van der Waals surface area contributed by atoms with E-state index in [9.17, 15) is 5.11 Å². The maximum absolute atomic E-state index is 9.33. The zero-order chi connectivity index (χ0) is 10.6. The van der Waals surface area contributed by atoms with Gasteiger partial charge in [-0.3, -0.25) is 4.90 Å². The Kier molecular flexibility index (Phi) is 4.17. The second-order valence-electron chi connectivity index (χ2n) is 3.95. The van der Waals surface area contributed by atoms with Crippen molar-refractivity contribution in [2.45, 2.75) is 39.5 Å². The normalized spacial score (nSPS) is 13.9. The van der Waals surface area contributed by atoms with E-state index in [2.05, 4.69) is 18.7 Å². The molecule has 80 valence electrons. The first kappa shape index (κ1) is 11.3. The number of aliphatic hydroxyl groups excluding tert-OH is 1. The zero-order valence-corrected chi connectivity index (χ0v) is 9.10. The highest BCUT2D eigenvalue weighted by atomic mass is 16.3. The smallest absolute Gasteiger partial charge is 0.117 e. The maximum Gasteiger partial charge on any atom is 0.117 e. The molecule has 0 spiro atoms. The van der Waals surface area contributed by atoms with E-state index in [1.807, 2.05) is 12.1 Å². The fraction of sp³-hybridized carbons (Fsp3) is 0.636. The summed E-state index contributed by atoms with van der Waals surface area (Å²) in [5.41, 5.74) is 0. The van der Waals surface area contributed by atoms with Crippen molar-refractivity contribution < 1.29 is 9.52 Å². The Balaban J connectivity index is 2.51. The largest absolute Gasteiger partial charge is 0.468 e. The summed E-state index contributed by atoms with van der Waals surface area (Å²) in [6.45, 7) is 7.47. The van der Waals surface area contributed by atoms with E-state index in [4.69, 9.17) is 4.42 Å². The topological polar surface area (TPSA) is 36.6 Å². The molecule has 0 amide bonds. The monoisotopic (exact) mass is 197 g/mol. The van der Waals surface area contributed by atoms with Gasteiger partial charge in [0.15, 0.2) is 0 Å². The minimum atomic E-state index is -0.299. The van der Waals surface area contributed by atoms with Crippen LogP contribution in [-0.2, 0) is 6.54 Å². The molecule has 1 rings (SSSR count). The van der Waals surface area contributed by atoms with Gasteiger partial charge in [0.2, 0.25) is 0 Å². The van der Waals surface area contributed by atoms with Crippen LogP contribution < -0.4 is 0 Å².